The molecule has 2 N–H and O–H groups in total. The van der Waals surface area contributed by atoms with Crippen molar-refractivity contribution in [2.75, 3.05) is 26.2 Å². The highest BCUT2D eigenvalue weighted by molar-refractivity contribution is 7.90. The molecule has 2 rings (SSSR count). The lowest BCUT2D eigenvalue weighted by Crippen LogP contribution is -2.45. The van der Waals surface area contributed by atoms with Gasteiger partial charge in [0, 0.05) is 32.2 Å². The second-order valence-electron chi connectivity index (χ2n) is 6.64. The molecule has 1 saturated carbocycles. The summed E-state index contributed by atoms with van der Waals surface area (Å²) in [7, 11) is -5.21. The first-order chi connectivity index (χ1) is 11.7. The molecule has 0 amide bonds. The highest BCUT2D eigenvalue weighted by atomic mass is 32.2. The Balaban J connectivity index is 1.85. The Hall–Kier alpha value is -1.03. The molecule has 0 spiro atoms. The van der Waals surface area contributed by atoms with Crippen LogP contribution < -0.4 is 10.6 Å². The summed E-state index contributed by atoms with van der Waals surface area (Å²) in [5.74, 6) is 0.832. The maximum absolute atomic E-state index is 12.6. The number of alkyl halides is 3. The fourth-order valence-electron chi connectivity index (χ4n) is 3.28. The molecule has 25 heavy (non-hydrogen) atoms. The van der Waals surface area contributed by atoms with Crippen LogP contribution in [0.4, 0.5) is 13.2 Å². The van der Waals surface area contributed by atoms with Crippen LogP contribution in [0, 0.1) is 5.92 Å². The molecule has 0 radical (unpaired) electrons. The molecular formula is C15H27F3N4O2S. The minimum Gasteiger partial charge on any atom is -0.357 e. The fraction of sp³-hybridized carbons (Fsp3) is 0.933. The van der Waals surface area contributed by atoms with Gasteiger partial charge < -0.3 is 10.6 Å². The van der Waals surface area contributed by atoms with Crippen LogP contribution in [0.25, 0.3) is 0 Å². The highest BCUT2D eigenvalue weighted by Gasteiger charge is 2.50. The van der Waals surface area contributed by atoms with Crippen molar-refractivity contribution < 1.29 is 21.6 Å². The number of hydrogen-bond acceptors (Lipinski definition) is 3. The molecule has 1 saturated heterocycles. The average molecular weight is 384 g/mol. The SMILES string of the molecule is CCNC(=NCC1CCN(S(=O)(=O)C(F)(F)F)CC1)NC1CCCC1. The fourth-order valence-corrected chi connectivity index (χ4v) is 4.27. The Labute approximate surface area is 147 Å². The third-order valence-corrected chi connectivity index (χ3v) is 6.38. The molecule has 0 atom stereocenters. The van der Waals surface area contributed by atoms with E-state index in [9.17, 15) is 21.6 Å². The van der Waals surface area contributed by atoms with Gasteiger partial charge in [0.05, 0.1) is 0 Å². The van der Waals surface area contributed by atoms with Gasteiger partial charge in [-0.05, 0) is 38.5 Å². The predicted molar refractivity (Wildman–Crippen MR) is 90.6 cm³/mol. The zero-order chi connectivity index (χ0) is 18.5. The van der Waals surface area contributed by atoms with Crippen molar-refractivity contribution in [3.63, 3.8) is 0 Å². The number of rotatable bonds is 5. The summed E-state index contributed by atoms with van der Waals surface area (Å²) in [6, 6.07) is 0.427. The Kier molecular flexibility index (Phi) is 6.95. The number of nitrogens with zero attached hydrogens (tertiary/aromatic N) is 2. The summed E-state index contributed by atoms with van der Waals surface area (Å²) in [4.78, 5) is 4.54. The lowest BCUT2D eigenvalue weighted by molar-refractivity contribution is -0.0496. The summed E-state index contributed by atoms with van der Waals surface area (Å²) in [6.07, 6.45) is 5.45. The van der Waals surface area contributed by atoms with Crippen LogP contribution in [0.3, 0.4) is 0 Å². The first-order valence-corrected chi connectivity index (χ1v) is 10.3. The summed E-state index contributed by atoms with van der Waals surface area (Å²) in [6.45, 7) is 3.00. The van der Waals surface area contributed by atoms with Crippen molar-refractivity contribution in [1.29, 1.82) is 0 Å². The minimum atomic E-state index is -5.22. The van der Waals surface area contributed by atoms with Crippen LogP contribution in [0.1, 0.15) is 45.4 Å². The minimum absolute atomic E-state index is 0.0960. The predicted octanol–water partition coefficient (Wildman–Crippen LogP) is 2.05. The maximum Gasteiger partial charge on any atom is 0.511 e. The third kappa shape index (κ3) is 5.47. The van der Waals surface area contributed by atoms with Crippen molar-refractivity contribution in [1.82, 2.24) is 14.9 Å². The van der Waals surface area contributed by atoms with Crippen LogP contribution in [0.2, 0.25) is 0 Å². The van der Waals surface area contributed by atoms with E-state index in [1.165, 1.54) is 12.8 Å². The van der Waals surface area contributed by atoms with Gasteiger partial charge in [0.2, 0.25) is 0 Å². The Morgan fingerprint density at radius 2 is 1.76 bits per heavy atom. The van der Waals surface area contributed by atoms with Crippen molar-refractivity contribution in [3.8, 4) is 0 Å². The van der Waals surface area contributed by atoms with Crippen LogP contribution in [0.15, 0.2) is 4.99 Å². The van der Waals surface area contributed by atoms with Crippen molar-refractivity contribution in [3.05, 3.63) is 0 Å². The van der Waals surface area contributed by atoms with E-state index in [4.69, 9.17) is 0 Å². The first-order valence-electron chi connectivity index (χ1n) is 8.85. The van der Waals surface area contributed by atoms with Crippen molar-refractivity contribution in [2.45, 2.75) is 57.0 Å². The van der Waals surface area contributed by atoms with Gasteiger partial charge in [-0.15, -0.1) is 0 Å². The van der Waals surface area contributed by atoms with Crippen LogP contribution >= 0.6 is 0 Å². The van der Waals surface area contributed by atoms with E-state index in [2.05, 4.69) is 15.6 Å². The molecule has 0 unspecified atom stereocenters. The molecule has 0 aromatic rings. The van der Waals surface area contributed by atoms with Gasteiger partial charge in [0.15, 0.2) is 5.96 Å². The maximum atomic E-state index is 12.6. The summed E-state index contributed by atoms with van der Waals surface area (Å²) < 4.78 is 61.1. The number of guanidine groups is 1. The topological polar surface area (TPSA) is 73.8 Å². The quantitative estimate of drug-likeness (QED) is 0.562. The average Bonchev–Trinajstić information content (AvgIpc) is 3.05. The molecule has 10 heteroatoms. The second kappa shape index (κ2) is 8.57. The number of sulfonamides is 1. The molecule has 0 aromatic carbocycles. The molecule has 6 nitrogen and oxygen atoms in total. The van der Waals surface area contributed by atoms with Gasteiger partial charge >= 0.3 is 15.5 Å². The summed E-state index contributed by atoms with van der Waals surface area (Å²) in [5, 5.41) is 6.58. The van der Waals surface area contributed by atoms with Crippen molar-refractivity contribution >= 4 is 16.0 Å². The highest BCUT2D eigenvalue weighted by Crippen LogP contribution is 2.30. The zero-order valence-corrected chi connectivity index (χ0v) is 15.3. The molecule has 1 aliphatic heterocycles. The largest absolute Gasteiger partial charge is 0.511 e. The van der Waals surface area contributed by atoms with E-state index >= 15 is 0 Å². The Morgan fingerprint density at radius 1 is 1.16 bits per heavy atom. The molecule has 1 aliphatic carbocycles. The van der Waals surface area contributed by atoms with Crippen molar-refractivity contribution in [2.24, 2.45) is 10.9 Å². The number of nitrogens with one attached hydrogen (secondary N) is 2. The van der Waals surface area contributed by atoms with E-state index < -0.39 is 15.5 Å². The van der Waals surface area contributed by atoms with Gasteiger partial charge in [-0.25, -0.2) is 8.42 Å². The van der Waals surface area contributed by atoms with E-state index in [-0.39, 0.29) is 19.0 Å². The van der Waals surface area contributed by atoms with Crippen LogP contribution in [-0.2, 0) is 10.0 Å². The zero-order valence-electron chi connectivity index (χ0n) is 14.5. The number of piperidine rings is 1. The van der Waals surface area contributed by atoms with Gasteiger partial charge in [-0.2, -0.15) is 17.5 Å². The smallest absolute Gasteiger partial charge is 0.357 e. The molecular weight excluding hydrogens is 357 g/mol. The second-order valence-corrected chi connectivity index (χ2v) is 8.57. The molecule has 2 fully saturated rings. The van der Waals surface area contributed by atoms with E-state index in [1.807, 2.05) is 6.92 Å². The van der Waals surface area contributed by atoms with Gasteiger partial charge in [0.1, 0.15) is 0 Å². The van der Waals surface area contributed by atoms with E-state index in [1.54, 1.807) is 0 Å². The Morgan fingerprint density at radius 3 is 2.28 bits per heavy atom. The van der Waals surface area contributed by atoms with E-state index in [0.717, 1.165) is 25.3 Å². The molecule has 0 bridgehead atoms. The number of aliphatic imine (C=N–C) groups is 1. The van der Waals surface area contributed by atoms with Gasteiger partial charge in [-0.3, -0.25) is 4.99 Å². The first kappa shape index (κ1) is 20.3. The molecule has 2 aliphatic rings. The van der Waals surface area contributed by atoms with E-state index in [0.29, 0.717) is 29.7 Å². The number of hydrogen-bond donors (Lipinski definition) is 2. The Bertz CT molecular complexity index is 552. The standard InChI is InChI=1S/C15H27F3N4O2S/c1-2-19-14(21-13-5-3-4-6-13)20-11-12-7-9-22(10-8-12)25(23,24)15(16,17)18/h12-13H,2-11H2,1H3,(H2,19,20,21). The van der Waals surface area contributed by atoms with Gasteiger partial charge in [-0.1, -0.05) is 12.8 Å². The summed E-state index contributed by atoms with van der Waals surface area (Å²) >= 11 is 0. The van der Waals surface area contributed by atoms with Crippen LogP contribution in [-0.4, -0.2) is 56.4 Å². The van der Waals surface area contributed by atoms with Crippen LogP contribution in [0.5, 0.6) is 0 Å². The monoisotopic (exact) mass is 384 g/mol. The molecule has 0 aromatic heterocycles. The third-order valence-electron chi connectivity index (χ3n) is 4.75. The lowest BCUT2D eigenvalue weighted by Gasteiger charge is -2.31. The van der Waals surface area contributed by atoms with Gasteiger partial charge in [0.25, 0.3) is 0 Å². The molecule has 1 heterocycles. The number of halogens is 3. The summed E-state index contributed by atoms with van der Waals surface area (Å²) in [5.41, 5.74) is -5.22. The molecule has 146 valence electrons. The normalized spacial score (nSPS) is 22.3. The lowest BCUT2D eigenvalue weighted by atomic mass is 9.98.